The molecular formula is C26H24N4O3. The number of nitrogens with one attached hydrogen (secondary N) is 2. The molecule has 166 valence electrons. The molecule has 0 aromatic heterocycles. The Balaban J connectivity index is 1.32. The van der Waals surface area contributed by atoms with E-state index in [9.17, 15) is 9.59 Å². The van der Waals surface area contributed by atoms with Crippen LogP contribution in [0.15, 0.2) is 72.9 Å². The van der Waals surface area contributed by atoms with E-state index >= 15 is 0 Å². The number of anilines is 4. The van der Waals surface area contributed by atoms with Crippen LogP contribution in [0.4, 0.5) is 22.7 Å². The lowest BCUT2D eigenvalue weighted by atomic mass is 9.99. The molecule has 0 bridgehead atoms. The minimum Gasteiger partial charge on any atom is -0.399 e. The number of amides is 1. The summed E-state index contributed by atoms with van der Waals surface area (Å²) in [5, 5.41) is 6.06. The number of nitrogens with zero attached hydrogens (tertiary/aromatic N) is 1. The Labute approximate surface area is 191 Å². The third-order valence-corrected chi connectivity index (χ3v) is 5.84. The van der Waals surface area contributed by atoms with Gasteiger partial charge in [-0.3, -0.25) is 9.59 Å². The van der Waals surface area contributed by atoms with Crippen molar-refractivity contribution in [2.75, 3.05) is 47.6 Å². The van der Waals surface area contributed by atoms with E-state index in [1.807, 2.05) is 12.1 Å². The van der Waals surface area contributed by atoms with E-state index in [4.69, 9.17) is 10.5 Å². The quantitative estimate of drug-likeness (QED) is 0.318. The summed E-state index contributed by atoms with van der Waals surface area (Å²) in [4.78, 5) is 27.7. The van der Waals surface area contributed by atoms with Gasteiger partial charge in [0.25, 0.3) is 5.91 Å². The minimum absolute atomic E-state index is 0.143. The number of nitrogen functional groups attached to an aromatic ring is 1. The van der Waals surface area contributed by atoms with Gasteiger partial charge in [0.2, 0.25) is 0 Å². The van der Waals surface area contributed by atoms with Crippen LogP contribution in [0.25, 0.3) is 5.57 Å². The Kier molecular flexibility index (Phi) is 5.54. The highest BCUT2D eigenvalue weighted by Crippen LogP contribution is 2.33. The zero-order chi connectivity index (χ0) is 22.8. The summed E-state index contributed by atoms with van der Waals surface area (Å²) in [5.74, 6) is -0.355. The van der Waals surface area contributed by atoms with Crippen LogP contribution in [-0.2, 0) is 9.53 Å². The third-order valence-electron chi connectivity index (χ3n) is 5.84. The van der Waals surface area contributed by atoms with Crippen LogP contribution in [0.5, 0.6) is 0 Å². The second kappa shape index (κ2) is 8.80. The summed E-state index contributed by atoms with van der Waals surface area (Å²) in [5.41, 5.74) is 11.3. The molecule has 0 atom stereocenters. The van der Waals surface area contributed by atoms with E-state index in [-0.39, 0.29) is 11.7 Å². The number of nitrogens with two attached hydrogens (primary N) is 1. The molecule has 0 spiro atoms. The highest BCUT2D eigenvalue weighted by Gasteiger charge is 2.25. The molecule has 5 rings (SSSR count). The van der Waals surface area contributed by atoms with Crippen molar-refractivity contribution in [3.8, 4) is 0 Å². The van der Waals surface area contributed by atoms with E-state index in [0.717, 1.165) is 43.2 Å². The molecule has 0 unspecified atom stereocenters. The number of morpholine rings is 1. The average molecular weight is 441 g/mol. The Bertz CT molecular complexity index is 1240. The SMILES string of the molecule is Nc1cccc(C(=O)c2ccc3c(c2)NC(=O)C3=CNc2ccc(N3CCOCC3)cc2)c1. The topological polar surface area (TPSA) is 96.7 Å². The normalized spacial score (nSPS) is 16.4. The predicted molar refractivity (Wildman–Crippen MR) is 130 cm³/mol. The molecule has 1 saturated heterocycles. The van der Waals surface area contributed by atoms with Gasteiger partial charge < -0.3 is 26.0 Å². The molecule has 33 heavy (non-hydrogen) atoms. The molecule has 1 fully saturated rings. The van der Waals surface area contributed by atoms with Gasteiger partial charge in [0.1, 0.15) is 0 Å². The van der Waals surface area contributed by atoms with Gasteiger partial charge in [-0.05, 0) is 42.5 Å². The van der Waals surface area contributed by atoms with Crippen LogP contribution in [0, 0.1) is 0 Å². The van der Waals surface area contributed by atoms with E-state index in [2.05, 4.69) is 27.7 Å². The van der Waals surface area contributed by atoms with E-state index < -0.39 is 0 Å². The number of carbonyl (C=O) groups excluding carboxylic acids is 2. The Morgan fingerprint density at radius 2 is 1.76 bits per heavy atom. The molecule has 7 nitrogen and oxygen atoms in total. The summed E-state index contributed by atoms with van der Waals surface area (Å²) in [6, 6.07) is 20.2. The molecule has 2 aliphatic rings. The lowest BCUT2D eigenvalue weighted by Crippen LogP contribution is -2.36. The highest BCUT2D eigenvalue weighted by atomic mass is 16.5. The number of benzene rings is 3. The Morgan fingerprint density at radius 3 is 2.52 bits per heavy atom. The summed E-state index contributed by atoms with van der Waals surface area (Å²) < 4.78 is 5.40. The van der Waals surface area contributed by atoms with Crippen molar-refractivity contribution in [2.24, 2.45) is 0 Å². The smallest absolute Gasteiger partial charge is 0.257 e. The van der Waals surface area contributed by atoms with Crippen molar-refractivity contribution in [1.29, 1.82) is 0 Å². The zero-order valence-corrected chi connectivity index (χ0v) is 18.0. The number of ketones is 1. The standard InChI is InChI=1S/C26H24N4O3/c27-19-3-1-2-17(14-19)25(31)18-4-9-22-23(26(32)29-24(22)15-18)16-28-20-5-7-21(8-6-20)30-10-12-33-13-11-30/h1-9,14-16,28H,10-13,27H2,(H,29,32). The maximum absolute atomic E-state index is 12.8. The minimum atomic E-state index is -0.212. The van der Waals surface area contributed by atoms with Crippen LogP contribution >= 0.6 is 0 Å². The summed E-state index contributed by atoms with van der Waals surface area (Å²) in [6.45, 7) is 3.26. The van der Waals surface area contributed by atoms with Crippen molar-refractivity contribution in [1.82, 2.24) is 0 Å². The Hall–Kier alpha value is -4.10. The van der Waals surface area contributed by atoms with Gasteiger partial charge >= 0.3 is 0 Å². The van der Waals surface area contributed by atoms with Gasteiger partial charge in [0.15, 0.2) is 5.78 Å². The van der Waals surface area contributed by atoms with Crippen LogP contribution < -0.4 is 21.3 Å². The zero-order valence-electron chi connectivity index (χ0n) is 18.0. The fraction of sp³-hybridized carbons (Fsp3) is 0.154. The van der Waals surface area contributed by atoms with Crippen LogP contribution in [0.1, 0.15) is 21.5 Å². The van der Waals surface area contributed by atoms with Gasteiger partial charge in [0.05, 0.1) is 18.8 Å². The number of carbonyl (C=O) groups is 2. The largest absolute Gasteiger partial charge is 0.399 e. The first kappa shape index (κ1) is 20.8. The number of hydrogen-bond acceptors (Lipinski definition) is 6. The molecule has 0 saturated carbocycles. The van der Waals surface area contributed by atoms with Crippen LogP contribution in [-0.4, -0.2) is 38.0 Å². The number of ether oxygens (including phenoxy) is 1. The van der Waals surface area contributed by atoms with Crippen molar-refractivity contribution in [3.05, 3.63) is 89.6 Å². The fourth-order valence-electron chi connectivity index (χ4n) is 4.07. The molecule has 0 aliphatic carbocycles. The van der Waals surface area contributed by atoms with Crippen molar-refractivity contribution < 1.29 is 14.3 Å². The summed E-state index contributed by atoms with van der Waals surface area (Å²) >= 11 is 0. The molecule has 1 amide bonds. The molecule has 4 N–H and O–H groups in total. The molecule has 7 heteroatoms. The first-order chi connectivity index (χ1) is 16.1. The van der Waals surface area contributed by atoms with E-state index in [0.29, 0.717) is 28.1 Å². The lowest BCUT2D eigenvalue weighted by Gasteiger charge is -2.28. The first-order valence-corrected chi connectivity index (χ1v) is 10.8. The number of rotatable bonds is 5. The number of hydrogen-bond donors (Lipinski definition) is 3. The fourth-order valence-corrected chi connectivity index (χ4v) is 4.07. The molecular weight excluding hydrogens is 416 g/mol. The van der Waals surface area contributed by atoms with Gasteiger partial charge in [-0.15, -0.1) is 0 Å². The van der Waals surface area contributed by atoms with Crippen molar-refractivity contribution in [2.45, 2.75) is 0 Å². The van der Waals surface area contributed by atoms with E-state index in [1.54, 1.807) is 48.7 Å². The molecule has 3 aromatic rings. The maximum Gasteiger partial charge on any atom is 0.257 e. The van der Waals surface area contributed by atoms with Crippen molar-refractivity contribution in [3.63, 3.8) is 0 Å². The Morgan fingerprint density at radius 1 is 1.00 bits per heavy atom. The highest BCUT2D eigenvalue weighted by molar-refractivity contribution is 6.32. The average Bonchev–Trinajstić information content (AvgIpc) is 3.17. The second-order valence-electron chi connectivity index (χ2n) is 8.02. The second-order valence-corrected chi connectivity index (χ2v) is 8.02. The predicted octanol–water partition coefficient (Wildman–Crippen LogP) is 3.74. The molecule has 2 aliphatic heterocycles. The van der Waals surface area contributed by atoms with Crippen LogP contribution in [0.3, 0.4) is 0 Å². The lowest BCUT2D eigenvalue weighted by molar-refractivity contribution is -0.110. The summed E-state index contributed by atoms with van der Waals surface area (Å²) in [6.07, 6.45) is 1.70. The van der Waals surface area contributed by atoms with E-state index in [1.165, 1.54) is 0 Å². The maximum atomic E-state index is 12.8. The van der Waals surface area contributed by atoms with Gasteiger partial charge in [0, 0.05) is 58.7 Å². The molecule has 3 aromatic carbocycles. The number of fused-ring (bicyclic) bond motifs is 1. The summed E-state index contributed by atoms with van der Waals surface area (Å²) in [7, 11) is 0. The molecule has 2 heterocycles. The third kappa shape index (κ3) is 4.31. The van der Waals surface area contributed by atoms with Gasteiger partial charge in [-0.25, -0.2) is 0 Å². The monoisotopic (exact) mass is 440 g/mol. The van der Waals surface area contributed by atoms with Gasteiger partial charge in [-0.1, -0.05) is 24.3 Å². The van der Waals surface area contributed by atoms with Crippen molar-refractivity contribution >= 4 is 40.0 Å². The van der Waals surface area contributed by atoms with Crippen LogP contribution in [0.2, 0.25) is 0 Å². The van der Waals surface area contributed by atoms with Gasteiger partial charge in [-0.2, -0.15) is 0 Å². The first-order valence-electron chi connectivity index (χ1n) is 10.8. The molecule has 0 radical (unpaired) electrons.